The van der Waals surface area contributed by atoms with E-state index in [9.17, 15) is 63.9 Å². The van der Waals surface area contributed by atoms with Crippen LogP contribution in [0.2, 0.25) is 0 Å². The average Bonchev–Trinajstić information content (AvgIpc) is 0.683. The van der Waals surface area contributed by atoms with Gasteiger partial charge in [-0.05, 0) is 74.3 Å². The summed E-state index contributed by atoms with van der Waals surface area (Å²) in [5.74, 6) is -7.63. The highest BCUT2D eigenvalue weighted by Crippen LogP contribution is 2.67. The molecule has 0 radical (unpaired) electrons. The van der Waals surface area contributed by atoms with E-state index in [1.165, 1.54) is 21.0 Å². The van der Waals surface area contributed by atoms with Crippen LogP contribution in [0, 0.1) is 45.3 Å². The predicted octanol–water partition coefficient (Wildman–Crippen LogP) is 6.50. The highest BCUT2D eigenvalue weighted by molar-refractivity contribution is 6.61. The third-order valence-corrected chi connectivity index (χ3v) is 21.2. The van der Waals surface area contributed by atoms with Crippen molar-refractivity contribution in [1.82, 2.24) is 0 Å². The first kappa shape index (κ1) is 66.8. The number of aliphatic hydroxyl groups excluding tert-OH is 3. The lowest BCUT2D eigenvalue weighted by molar-refractivity contribution is -0.345. The van der Waals surface area contributed by atoms with E-state index in [4.69, 9.17) is 37.9 Å². The van der Waals surface area contributed by atoms with Crippen molar-refractivity contribution >= 4 is 58.6 Å². The van der Waals surface area contributed by atoms with E-state index in [2.05, 4.69) is 16.3 Å². The Balaban J connectivity index is 0.000000210. The zero-order chi connectivity index (χ0) is 64.7. The number of carbonyl (C=O) groups excluding carboxylic acids is 8. The number of rotatable bonds is 7. The maximum absolute atomic E-state index is 14.9. The molecule has 2 aliphatic heterocycles. The Morgan fingerprint density at radius 3 is 1.29 bits per heavy atom. The number of aliphatic hydroxyl groups is 5. The van der Waals surface area contributed by atoms with E-state index >= 15 is 0 Å². The van der Waals surface area contributed by atoms with Crippen LogP contribution in [0.25, 0.3) is 0 Å². The second-order valence-corrected chi connectivity index (χ2v) is 26.3. The zero-order valence-electron chi connectivity index (χ0n) is 51.5. The fourth-order valence-corrected chi connectivity index (χ4v) is 16.6. The number of carbonyl (C=O) groups is 8. The van der Waals surface area contributed by atoms with Crippen LogP contribution in [0.4, 0.5) is 9.59 Å². The van der Waals surface area contributed by atoms with Crippen molar-refractivity contribution in [3.8, 4) is 0 Å². The Morgan fingerprint density at radius 2 is 0.943 bits per heavy atom. The van der Waals surface area contributed by atoms with Gasteiger partial charge >= 0.3 is 35.5 Å². The van der Waals surface area contributed by atoms with E-state index in [-0.39, 0.29) is 61.6 Å². The summed E-state index contributed by atoms with van der Waals surface area (Å²) in [7, 11) is 2.36. The normalized spacial score (nSPS) is 39.1. The highest BCUT2D eigenvalue weighted by Gasteiger charge is 2.80. The number of fused-ring (bicyclic) bond motifs is 10. The van der Waals surface area contributed by atoms with Gasteiger partial charge in [-0.15, -0.1) is 0 Å². The fourth-order valence-electron chi connectivity index (χ4n) is 16.6. The Hall–Kier alpha value is -6.11. The highest BCUT2D eigenvalue weighted by atomic mass is 35.5. The second-order valence-electron chi connectivity index (χ2n) is 26.0. The quantitative estimate of drug-likeness (QED) is 0.0855. The summed E-state index contributed by atoms with van der Waals surface area (Å²) < 4.78 is 50.5. The van der Waals surface area contributed by atoms with Crippen molar-refractivity contribution in [3.05, 3.63) is 94.1 Å². The number of Topliss-reactive ketones (excluding diaryl/α,β-unsaturated/α-hetero) is 2. The second kappa shape index (κ2) is 23.7. The number of ether oxygens (including phenoxy) is 9. The van der Waals surface area contributed by atoms with Crippen molar-refractivity contribution in [2.75, 3.05) is 27.4 Å². The monoisotopic (exact) mass is 1240 g/mol. The molecule has 18 atom stereocenters. The number of hydrogen-bond donors (Lipinski definition) is 5. The van der Waals surface area contributed by atoms with E-state index in [1.54, 1.807) is 130 Å². The van der Waals surface area contributed by atoms with Crippen molar-refractivity contribution in [1.29, 1.82) is 0 Å². The van der Waals surface area contributed by atoms with Gasteiger partial charge < -0.3 is 68.2 Å². The van der Waals surface area contributed by atoms with E-state index in [1.807, 2.05) is 0 Å². The molecule has 10 rings (SSSR count). The summed E-state index contributed by atoms with van der Waals surface area (Å²) in [4.78, 5) is 104. The molecule has 23 heteroatoms. The molecule has 8 aliphatic rings. The minimum absolute atomic E-state index is 0.0182. The Labute approximate surface area is 510 Å². The number of hydrogen-bond acceptors (Lipinski definition) is 22. The van der Waals surface area contributed by atoms with Gasteiger partial charge in [0.05, 0.1) is 79.5 Å². The summed E-state index contributed by atoms with van der Waals surface area (Å²) in [5.41, 5.74) is -10.7. The lowest BCUT2D eigenvalue weighted by Crippen LogP contribution is -2.81. The molecule has 22 nitrogen and oxygen atoms in total. The minimum Gasteiger partial charge on any atom is -0.457 e. The van der Waals surface area contributed by atoms with Crippen LogP contribution < -0.4 is 0 Å². The average molecular weight is 1240 g/mol. The van der Waals surface area contributed by atoms with Crippen LogP contribution in [0.1, 0.15) is 129 Å². The maximum atomic E-state index is 14.9. The summed E-state index contributed by atoms with van der Waals surface area (Å²) in [5, 5.41) is 59.8. The van der Waals surface area contributed by atoms with Gasteiger partial charge in [-0.2, -0.15) is 0 Å². The standard InChI is InChI=1S/C32H40O11.C30H38O9.C2H3ClO2/c1-16-20(34)14-32(38)26(42-27(36)19-11-9-8-10-12-19)24-30(6,25(35)17(2)23(16)29(32,4)5)21(41-28(37)39-7)13-22-31(24,15-40-22)43-18(3)33;1-15-19(32)13-30(36)25(38-26(35)18-10-8-7-9-11-18)23-28(6,24(34)16(2)22(15)27(30,4)5)20(33)12-21-29(23,14-37-21)39-17(3)31;1-5-2(3)4/h8-12,17,20-22,24,26,34,38H,13-15H2,1-7H3;7-11,16,19-21,23,25,32-33,36H,12-14H2,1-6H3;1H3/t17-,20+,21+,22-,24?,26+,30-,31+,32-;16-,19+,20+,21-,23?,25+,28-,29+,30-;/m11./s1. The van der Waals surface area contributed by atoms with E-state index in [0.717, 1.165) is 7.11 Å². The number of benzene rings is 2. The lowest BCUT2D eigenvalue weighted by atomic mass is 9.43. The van der Waals surface area contributed by atoms with Gasteiger partial charge in [-0.3, -0.25) is 19.2 Å². The predicted molar refractivity (Wildman–Crippen MR) is 306 cm³/mol. The molecule has 476 valence electrons. The summed E-state index contributed by atoms with van der Waals surface area (Å²) in [6.45, 7) is 19.4. The number of ketones is 2. The van der Waals surface area contributed by atoms with E-state index < -0.39 is 152 Å². The van der Waals surface area contributed by atoms with Crippen LogP contribution in [0.5, 0.6) is 0 Å². The van der Waals surface area contributed by atoms with Gasteiger partial charge in [-0.1, -0.05) is 77.9 Å². The molecule has 5 N–H and O–H groups in total. The van der Waals surface area contributed by atoms with Crippen molar-refractivity contribution < 1.29 is 107 Å². The lowest BCUT2D eigenvalue weighted by Gasteiger charge is -2.67. The van der Waals surface area contributed by atoms with Gasteiger partial charge in [0.25, 0.3) is 0 Å². The molecule has 2 heterocycles. The molecule has 6 fully saturated rings. The molecule has 2 saturated heterocycles. The van der Waals surface area contributed by atoms with Crippen molar-refractivity contribution in [3.63, 3.8) is 0 Å². The first-order valence-corrected chi connectivity index (χ1v) is 29.5. The maximum Gasteiger partial charge on any atom is 0.508 e. The summed E-state index contributed by atoms with van der Waals surface area (Å²) in [6.07, 6.45) is -10.7. The molecular weight excluding hydrogens is 1160 g/mol. The van der Waals surface area contributed by atoms with Crippen molar-refractivity contribution in [2.24, 2.45) is 45.3 Å². The van der Waals surface area contributed by atoms with Crippen LogP contribution in [0.15, 0.2) is 83.0 Å². The number of methoxy groups -OCH3 is 2. The van der Waals surface area contributed by atoms with Gasteiger partial charge in [0.1, 0.15) is 53.3 Å². The summed E-state index contributed by atoms with van der Waals surface area (Å²) in [6, 6.07) is 16.4. The zero-order valence-corrected chi connectivity index (χ0v) is 52.3. The van der Waals surface area contributed by atoms with E-state index in [0.29, 0.717) is 22.3 Å². The van der Waals surface area contributed by atoms with Gasteiger partial charge in [0, 0.05) is 73.8 Å². The third-order valence-electron chi connectivity index (χ3n) is 21.0. The third kappa shape index (κ3) is 10.4. The van der Waals surface area contributed by atoms with Crippen LogP contribution in [0.3, 0.4) is 0 Å². The largest absolute Gasteiger partial charge is 0.508 e. The molecule has 4 saturated carbocycles. The van der Waals surface area contributed by atoms with Gasteiger partial charge in [-0.25, -0.2) is 19.2 Å². The fraction of sp³-hybridized carbons (Fsp3) is 0.625. The Kier molecular flexibility index (Phi) is 18.2. The smallest absolute Gasteiger partial charge is 0.457 e. The molecule has 6 aliphatic carbocycles. The van der Waals surface area contributed by atoms with Gasteiger partial charge in [0.15, 0.2) is 11.2 Å². The van der Waals surface area contributed by atoms with Crippen LogP contribution >= 0.6 is 11.6 Å². The number of esters is 4. The topological polar surface area (TPSA) is 321 Å². The Morgan fingerprint density at radius 1 is 0.575 bits per heavy atom. The van der Waals surface area contributed by atoms with Crippen LogP contribution in [-0.4, -0.2) is 171 Å². The molecule has 4 bridgehead atoms. The number of halogens is 1. The molecule has 0 amide bonds. The van der Waals surface area contributed by atoms with Crippen molar-refractivity contribution in [2.45, 2.75) is 180 Å². The molecule has 87 heavy (non-hydrogen) atoms. The minimum atomic E-state index is -1.98. The molecular formula is C64H81ClO22. The summed E-state index contributed by atoms with van der Waals surface area (Å²) >= 11 is 4.60. The first-order chi connectivity index (χ1) is 40.5. The molecule has 2 unspecified atom stereocenters. The first-order valence-electron chi connectivity index (χ1n) is 29.1. The Bertz CT molecular complexity index is 3140. The van der Waals surface area contributed by atoms with Crippen LogP contribution in [-0.2, 0) is 61.8 Å². The molecule has 0 aromatic heterocycles. The molecule has 2 aromatic carbocycles. The SMILES string of the molecule is CC(=O)O[C@@]12CO[C@@H]1C[C@H](O)[C@@]1(C)C(=O)[C@H](C)C3=C(C)[C@@H](O)C[C@@](O)([C@@H](OC(=O)c4ccccc4)C12)C3(C)C.COC(=O)Cl.COC(=O)O[C@H]1C[C@H]2OC[C@@]2(OC(C)=O)C2[C@H](OC(=O)c3ccccc3)[C@]3(O)C[C@H](O)C(C)=C([C@@H](C)C(=O)[C@@]21C)C3(C)C. The molecule has 0 spiro atoms. The van der Waals surface area contributed by atoms with Gasteiger partial charge in [0.2, 0.25) is 0 Å². The molecule has 2 aromatic rings.